The Morgan fingerprint density at radius 1 is 1.29 bits per heavy atom. The Kier molecular flexibility index (Phi) is 9.41. The van der Waals surface area contributed by atoms with Crippen molar-refractivity contribution < 1.29 is 14.3 Å². The Balaban J connectivity index is 0.00000400. The predicted octanol–water partition coefficient (Wildman–Crippen LogP) is 1.81. The number of ether oxygens (including phenoxy) is 1. The molecule has 3 N–H and O–H groups in total. The van der Waals surface area contributed by atoms with Gasteiger partial charge in [-0.3, -0.25) is 9.59 Å². The summed E-state index contributed by atoms with van der Waals surface area (Å²) >= 11 is 0. The minimum atomic E-state index is -0.392. The fourth-order valence-corrected chi connectivity index (χ4v) is 1.75. The number of carbonyl (C=O) groups excluding carboxylic acids is 2. The van der Waals surface area contributed by atoms with Crippen LogP contribution in [0.5, 0.6) is 0 Å². The molecular formula is C15H23ClN2O3. The van der Waals surface area contributed by atoms with Gasteiger partial charge in [-0.25, -0.2) is 0 Å². The quantitative estimate of drug-likeness (QED) is 0.752. The number of halogens is 1. The topological polar surface area (TPSA) is 81.4 Å². The van der Waals surface area contributed by atoms with Crippen LogP contribution in [0.15, 0.2) is 30.3 Å². The molecule has 0 saturated carbocycles. The average Bonchev–Trinajstić information content (AvgIpc) is 2.46. The van der Waals surface area contributed by atoms with Crippen molar-refractivity contribution in [2.75, 3.05) is 13.2 Å². The highest BCUT2D eigenvalue weighted by atomic mass is 35.5. The molecule has 1 aromatic rings. The van der Waals surface area contributed by atoms with Gasteiger partial charge >= 0.3 is 5.97 Å². The van der Waals surface area contributed by atoms with Crippen LogP contribution in [-0.4, -0.2) is 25.0 Å². The van der Waals surface area contributed by atoms with Gasteiger partial charge in [0.25, 0.3) is 0 Å². The number of amides is 1. The largest absolute Gasteiger partial charge is 0.466 e. The van der Waals surface area contributed by atoms with Crippen molar-refractivity contribution in [3.63, 3.8) is 0 Å². The maximum absolute atomic E-state index is 12.0. The van der Waals surface area contributed by atoms with E-state index in [-0.39, 0.29) is 43.2 Å². The first kappa shape index (κ1) is 19.4. The molecule has 21 heavy (non-hydrogen) atoms. The van der Waals surface area contributed by atoms with Crippen LogP contribution in [0, 0.1) is 5.92 Å². The molecule has 0 heterocycles. The number of esters is 1. The Labute approximate surface area is 131 Å². The van der Waals surface area contributed by atoms with E-state index >= 15 is 0 Å². The Morgan fingerprint density at radius 2 is 1.90 bits per heavy atom. The third-order valence-electron chi connectivity index (χ3n) is 3.00. The van der Waals surface area contributed by atoms with Crippen molar-refractivity contribution in [2.45, 2.75) is 26.3 Å². The normalized spacial score (nSPS) is 12.7. The number of hydrogen-bond acceptors (Lipinski definition) is 4. The summed E-state index contributed by atoms with van der Waals surface area (Å²) in [5.41, 5.74) is 6.36. The van der Waals surface area contributed by atoms with Gasteiger partial charge in [-0.05, 0) is 12.5 Å². The van der Waals surface area contributed by atoms with Crippen molar-refractivity contribution in [3.8, 4) is 0 Å². The van der Waals surface area contributed by atoms with Crippen molar-refractivity contribution in [2.24, 2.45) is 11.7 Å². The molecular weight excluding hydrogens is 292 g/mol. The number of nitrogens with two attached hydrogens (primary N) is 1. The van der Waals surface area contributed by atoms with Gasteiger partial charge in [0.1, 0.15) is 0 Å². The van der Waals surface area contributed by atoms with Crippen molar-refractivity contribution in [1.29, 1.82) is 0 Å². The molecule has 0 saturated heterocycles. The van der Waals surface area contributed by atoms with Crippen molar-refractivity contribution in [1.82, 2.24) is 5.32 Å². The zero-order valence-corrected chi connectivity index (χ0v) is 13.2. The summed E-state index contributed by atoms with van der Waals surface area (Å²) in [7, 11) is 0. The van der Waals surface area contributed by atoms with Crippen LogP contribution in [0.2, 0.25) is 0 Å². The zero-order chi connectivity index (χ0) is 15.0. The molecule has 2 unspecified atom stereocenters. The standard InChI is InChI=1S/C15H22N2O3.ClH/c1-3-20-14(18)9-13(12-7-5-4-6-8-12)17-15(19)11(2)10-16;/h4-8,11,13H,3,9-10,16H2,1-2H3,(H,17,19);1H. The first-order chi connectivity index (χ1) is 9.58. The second-order valence-corrected chi connectivity index (χ2v) is 4.62. The Morgan fingerprint density at radius 3 is 2.43 bits per heavy atom. The Hall–Kier alpha value is -1.59. The molecule has 0 aromatic heterocycles. The van der Waals surface area contributed by atoms with E-state index < -0.39 is 6.04 Å². The molecule has 6 heteroatoms. The second kappa shape index (κ2) is 10.2. The summed E-state index contributed by atoms with van der Waals surface area (Å²) in [5.74, 6) is -0.781. The van der Waals surface area contributed by atoms with E-state index in [1.54, 1.807) is 13.8 Å². The molecule has 1 rings (SSSR count). The highest BCUT2D eigenvalue weighted by Crippen LogP contribution is 2.17. The summed E-state index contributed by atoms with van der Waals surface area (Å²) in [4.78, 5) is 23.6. The lowest BCUT2D eigenvalue weighted by molar-refractivity contribution is -0.143. The predicted molar refractivity (Wildman–Crippen MR) is 84.0 cm³/mol. The fourth-order valence-electron chi connectivity index (χ4n) is 1.75. The van der Waals surface area contributed by atoms with E-state index in [1.165, 1.54) is 0 Å². The number of carbonyl (C=O) groups is 2. The van der Waals surface area contributed by atoms with Gasteiger partial charge in [-0.15, -0.1) is 12.4 Å². The van der Waals surface area contributed by atoms with Gasteiger partial charge in [0.05, 0.1) is 19.1 Å². The van der Waals surface area contributed by atoms with Crippen LogP contribution in [0.25, 0.3) is 0 Å². The van der Waals surface area contributed by atoms with Crippen LogP contribution in [0.1, 0.15) is 31.9 Å². The summed E-state index contributed by atoms with van der Waals surface area (Å²) in [5, 5.41) is 2.85. The van der Waals surface area contributed by atoms with Gasteiger partial charge in [-0.2, -0.15) is 0 Å². The van der Waals surface area contributed by atoms with Gasteiger partial charge in [0.15, 0.2) is 0 Å². The molecule has 118 valence electrons. The smallest absolute Gasteiger partial charge is 0.308 e. The molecule has 5 nitrogen and oxygen atoms in total. The van der Waals surface area contributed by atoms with E-state index in [0.29, 0.717) is 6.61 Å². The number of hydrogen-bond donors (Lipinski definition) is 2. The fraction of sp³-hybridized carbons (Fsp3) is 0.467. The molecule has 1 aromatic carbocycles. The summed E-state index contributed by atoms with van der Waals surface area (Å²) in [6, 6.07) is 8.97. The molecule has 0 fully saturated rings. The third kappa shape index (κ3) is 6.60. The van der Waals surface area contributed by atoms with Gasteiger partial charge < -0.3 is 15.8 Å². The van der Waals surface area contributed by atoms with Crippen LogP contribution < -0.4 is 11.1 Å². The van der Waals surface area contributed by atoms with Gasteiger partial charge in [0, 0.05) is 12.5 Å². The molecule has 2 atom stereocenters. The molecule has 0 aliphatic heterocycles. The lowest BCUT2D eigenvalue weighted by Gasteiger charge is -2.20. The minimum absolute atomic E-state index is 0. The van der Waals surface area contributed by atoms with Crippen molar-refractivity contribution >= 4 is 24.3 Å². The molecule has 0 radical (unpaired) electrons. The lowest BCUT2D eigenvalue weighted by Crippen LogP contribution is -2.37. The number of rotatable bonds is 7. The summed E-state index contributed by atoms with van der Waals surface area (Å²) < 4.78 is 4.95. The van der Waals surface area contributed by atoms with Crippen LogP contribution in [0.4, 0.5) is 0 Å². The van der Waals surface area contributed by atoms with Crippen molar-refractivity contribution in [3.05, 3.63) is 35.9 Å². The summed E-state index contributed by atoms with van der Waals surface area (Å²) in [6.45, 7) is 4.10. The monoisotopic (exact) mass is 314 g/mol. The number of benzene rings is 1. The van der Waals surface area contributed by atoms with Crippen LogP contribution >= 0.6 is 12.4 Å². The highest BCUT2D eigenvalue weighted by Gasteiger charge is 2.21. The van der Waals surface area contributed by atoms with Crippen LogP contribution in [-0.2, 0) is 14.3 Å². The second-order valence-electron chi connectivity index (χ2n) is 4.62. The molecule has 0 bridgehead atoms. The van der Waals surface area contributed by atoms with E-state index in [2.05, 4.69) is 5.32 Å². The van der Waals surface area contributed by atoms with Gasteiger partial charge in [0.2, 0.25) is 5.91 Å². The maximum atomic E-state index is 12.0. The molecule has 0 aliphatic carbocycles. The van der Waals surface area contributed by atoms with E-state index in [1.807, 2.05) is 30.3 Å². The Bertz CT molecular complexity index is 440. The maximum Gasteiger partial charge on any atom is 0.308 e. The highest BCUT2D eigenvalue weighted by molar-refractivity contribution is 5.85. The SMILES string of the molecule is CCOC(=O)CC(NC(=O)C(C)CN)c1ccccc1.Cl. The first-order valence-electron chi connectivity index (χ1n) is 6.79. The van der Waals surface area contributed by atoms with Crippen LogP contribution in [0.3, 0.4) is 0 Å². The number of nitrogens with one attached hydrogen (secondary N) is 1. The minimum Gasteiger partial charge on any atom is -0.466 e. The van der Waals surface area contributed by atoms with E-state index in [9.17, 15) is 9.59 Å². The van der Waals surface area contributed by atoms with E-state index in [0.717, 1.165) is 5.56 Å². The summed E-state index contributed by atoms with van der Waals surface area (Å²) in [6.07, 6.45) is 0.112. The molecule has 1 amide bonds. The first-order valence-corrected chi connectivity index (χ1v) is 6.79. The third-order valence-corrected chi connectivity index (χ3v) is 3.00. The average molecular weight is 315 g/mol. The van der Waals surface area contributed by atoms with E-state index in [4.69, 9.17) is 10.5 Å². The zero-order valence-electron chi connectivity index (χ0n) is 12.4. The lowest BCUT2D eigenvalue weighted by atomic mass is 10.0. The molecule has 0 spiro atoms. The molecule has 0 aliphatic rings. The van der Waals surface area contributed by atoms with Gasteiger partial charge in [-0.1, -0.05) is 37.3 Å².